The van der Waals surface area contributed by atoms with Crippen molar-refractivity contribution in [1.82, 2.24) is 10.3 Å². The molecule has 0 aliphatic carbocycles. The van der Waals surface area contributed by atoms with Gasteiger partial charge in [-0.1, -0.05) is 43.3 Å². The van der Waals surface area contributed by atoms with Crippen LogP contribution in [-0.2, 0) is 13.0 Å². The Morgan fingerprint density at radius 2 is 1.86 bits per heavy atom. The van der Waals surface area contributed by atoms with Gasteiger partial charge in [0.25, 0.3) is 0 Å². The second-order valence-corrected chi connectivity index (χ2v) is 5.35. The van der Waals surface area contributed by atoms with Crippen molar-refractivity contribution in [3.63, 3.8) is 0 Å². The van der Waals surface area contributed by atoms with Gasteiger partial charge in [-0.2, -0.15) is 0 Å². The van der Waals surface area contributed by atoms with E-state index in [-0.39, 0.29) is 0 Å². The van der Waals surface area contributed by atoms with Gasteiger partial charge in [-0.15, -0.1) is 0 Å². The van der Waals surface area contributed by atoms with Gasteiger partial charge in [0.05, 0.1) is 0 Å². The smallest absolute Gasteiger partial charge is 0.128 e. The number of anilines is 1. The predicted molar refractivity (Wildman–Crippen MR) is 89.8 cm³/mol. The Morgan fingerprint density at radius 1 is 1.10 bits per heavy atom. The summed E-state index contributed by atoms with van der Waals surface area (Å²) in [5.74, 6) is 1.05. The van der Waals surface area contributed by atoms with E-state index in [1.165, 1.54) is 11.1 Å². The standard InChI is InChI=1S/C18H25N3/c1-4-19-14-17-10-11-18(20-15(17)2)21(3)13-12-16-8-6-5-7-9-16/h5-11,19H,4,12-14H2,1-3H3. The third kappa shape index (κ3) is 4.57. The minimum absolute atomic E-state index is 0.892. The molecule has 0 saturated heterocycles. The summed E-state index contributed by atoms with van der Waals surface area (Å²) in [5.41, 5.74) is 3.75. The molecule has 0 fully saturated rings. The van der Waals surface area contributed by atoms with Gasteiger partial charge >= 0.3 is 0 Å². The fraction of sp³-hybridized carbons (Fsp3) is 0.389. The fourth-order valence-corrected chi connectivity index (χ4v) is 2.29. The predicted octanol–water partition coefficient (Wildman–Crippen LogP) is 3.18. The van der Waals surface area contributed by atoms with Gasteiger partial charge in [-0.05, 0) is 37.1 Å². The average Bonchev–Trinajstić information content (AvgIpc) is 2.52. The van der Waals surface area contributed by atoms with E-state index in [2.05, 4.69) is 73.6 Å². The summed E-state index contributed by atoms with van der Waals surface area (Å²) in [6.45, 7) is 7.06. The van der Waals surface area contributed by atoms with E-state index in [1.54, 1.807) is 0 Å². The molecule has 1 aromatic carbocycles. The largest absolute Gasteiger partial charge is 0.359 e. The highest BCUT2D eigenvalue weighted by molar-refractivity contribution is 5.41. The lowest BCUT2D eigenvalue weighted by Gasteiger charge is -2.19. The van der Waals surface area contributed by atoms with Crippen LogP contribution in [0.1, 0.15) is 23.7 Å². The van der Waals surface area contributed by atoms with Crippen molar-refractivity contribution < 1.29 is 0 Å². The highest BCUT2D eigenvalue weighted by atomic mass is 15.2. The number of pyridine rings is 1. The van der Waals surface area contributed by atoms with Crippen LogP contribution in [0.4, 0.5) is 5.82 Å². The first-order valence-electron chi connectivity index (χ1n) is 7.63. The molecule has 0 amide bonds. The van der Waals surface area contributed by atoms with E-state index in [0.717, 1.165) is 37.6 Å². The van der Waals surface area contributed by atoms with Crippen LogP contribution < -0.4 is 10.2 Å². The first-order valence-corrected chi connectivity index (χ1v) is 7.63. The van der Waals surface area contributed by atoms with Gasteiger partial charge in [-0.25, -0.2) is 4.98 Å². The van der Waals surface area contributed by atoms with Crippen LogP contribution in [0.25, 0.3) is 0 Å². The maximum absolute atomic E-state index is 4.72. The van der Waals surface area contributed by atoms with Crippen molar-refractivity contribution >= 4 is 5.82 Å². The van der Waals surface area contributed by atoms with E-state index in [9.17, 15) is 0 Å². The molecule has 3 heteroatoms. The molecule has 1 N–H and O–H groups in total. The molecule has 1 heterocycles. The van der Waals surface area contributed by atoms with Crippen LogP contribution in [-0.4, -0.2) is 25.1 Å². The summed E-state index contributed by atoms with van der Waals surface area (Å²) in [7, 11) is 2.11. The van der Waals surface area contributed by atoms with Gasteiger partial charge in [0.2, 0.25) is 0 Å². The van der Waals surface area contributed by atoms with Gasteiger partial charge in [0, 0.05) is 25.8 Å². The fourth-order valence-electron chi connectivity index (χ4n) is 2.29. The Hall–Kier alpha value is -1.87. The molecule has 0 saturated carbocycles. The van der Waals surface area contributed by atoms with Crippen molar-refractivity contribution in [1.29, 1.82) is 0 Å². The van der Waals surface area contributed by atoms with E-state index in [4.69, 9.17) is 4.98 Å². The lowest BCUT2D eigenvalue weighted by molar-refractivity contribution is 0.719. The second-order valence-electron chi connectivity index (χ2n) is 5.35. The van der Waals surface area contributed by atoms with Crippen molar-refractivity contribution in [2.24, 2.45) is 0 Å². The number of rotatable bonds is 7. The zero-order valence-corrected chi connectivity index (χ0v) is 13.3. The third-order valence-corrected chi connectivity index (χ3v) is 3.72. The molecule has 0 radical (unpaired) electrons. The maximum atomic E-state index is 4.72. The first kappa shape index (κ1) is 15.5. The highest BCUT2D eigenvalue weighted by Gasteiger charge is 2.06. The molecule has 2 aromatic rings. The molecule has 1 aromatic heterocycles. The van der Waals surface area contributed by atoms with Gasteiger partial charge < -0.3 is 10.2 Å². The summed E-state index contributed by atoms with van der Waals surface area (Å²) < 4.78 is 0. The van der Waals surface area contributed by atoms with E-state index >= 15 is 0 Å². The highest BCUT2D eigenvalue weighted by Crippen LogP contribution is 2.14. The van der Waals surface area contributed by atoms with Gasteiger partial charge in [0.1, 0.15) is 5.82 Å². The normalized spacial score (nSPS) is 10.6. The second kappa shape index (κ2) is 7.79. The number of benzene rings is 1. The Labute approximate surface area is 128 Å². The SMILES string of the molecule is CCNCc1ccc(N(C)CCc2ccccc2)nc1C. The number of hydrogen-bond acceptors (Lipinski definition) is 3. The number of likely N-dealkylation sites (N-methyl/N-ethyl adjacent to an activating group) is 1. The molecule has 0 unspecified atom stereocenters. The number of aromatic nitrogens is 1. The molecule has 0 aliphatic rings. The summed E-state index contributed by atoms with van der Waals surface area (Å²) in [6, 6.07) is 14.9. The van der Waals surface area contributed by atoms with E-state index < -0.39 is 0 Å². The van der Waals surface area contributed by atoms with Crippen LogP contribution >= 0.6 is 0 Å². The maximum Gasteiger partial charge on any atom is 0.128 e. The third-order valence-electron chi connectivity index (χ3n) is 3.72. The van der Waals surface area contributed by atoms with E-state index in [1.807, 2.05) is 0 Å². The molecular weight excluding hydrogens is 258 g/mol. The van der Waals surface area contributed by atoms with Crippen LogP contribution in [0, 0.1) is 6.92 Å². The summed E-state index contributed by atoms with van der Waals surface area (Å²) in [4.78, 5) is 6.94. The van der Waals surface area contributed by atoms with Crippen LogP contribution in [0.2, 0.25) is 0 Å². The lowest BCUT2D eigenvalue weighted by Crippen LogP contribution is -2.22. The number of nitrogens with one attached hydrogen (secondary N) is 1. The zero-order valence-electron chi connectivity index (χ0n) is 13.3. The van der Waals surface area contributed by atoms with Crippen molar-refractivity contribution in [2.75, 3.05) is 25.0 Å². The molecule has 21 heavy (non-hydrogen) atoms. The topological polar surface area (TPSA) is 28.2 Å². The Balaban J connectivity index is 1.96. The van der Waals surface area contributed by atoms with Crippen molar-refractivity contribution in [3.05, 3.63) is 59.3 Å². The number of aryl methyl sites for hydroxylation is 1. The number of hydrogen-bond donors (Lipinski definition) is 1. The van der Waals surface area contributed by atoms with E-state index in [0.29, 0.717) is 0 Å². The Morgan fingerprint density at radius 3 is 2.52 bits per heavy atom. The summed E-state index contributed by atoms with van der Waals surface area (Å²) in [6.07, 6.45) is 1.04. The molecule has 2 rings (SSSR count). The minimum atomic E-state index is 0.892. The first-order chi connectivity index (χ1) is 10.2. The summed E-state index contributed by atoms with van der Waals surface area (Å²) in [5, 5.41) is 3.35. The molecule has 112 valence electrons. The van der Waals surface area contributed by atoms with Crippen molar-refractivity contribution in [3.8, 4) is 0 Å². The monoisotopic (exact) mass is 283 g/mol. The quantitative estimate of drug-likeness (QED) is 0.846. The molecule has 0 aliphatic heterocycles. The zero-order chi connectivity index (χ0) is 15.1. The minimum Gasteiger partial charge on any atom is -0.359 e. The van der Waals surface area contributed by atoms with Gasteiger partial charge in [-0.3, -0.25) is 0 Å². The van der Waals surface area contributed by atoms with Crippen LogP contribution in [0.3, 0.4) is 0 Å². The van der Waals surface area contributed by atoms with Crippen molar-refractivity contribution in [2.45, 2.75) is 26.8 Å². The molecule has 3 nitrogen and oxygen atoms in total. The average molecular weight is 283 g/mol. The molecule has 0 spiro atoms. The Kier molecular flexibility index (Phi) is 5.76. The number of nitrogens with zero attached hydrogens (tertiary/aromatic N) is 2. The molecule has 0 bridgehead atoms. The summed E-state index contributed by atoms with van der Waals surface area (Å²) >= 11 is 0. The molecular formula is C18H25N3. The molecule has 0 atom stereocenters. The van der Waals surface area contributed by atoms with Gasteiger partial charge in [0.15, 0.2) is 0 Å². The van der Waals surface area contributed by atoms with Crippen LogP contribution in [0.15, 0.2) is 42.5 Å². The lowest BCUT2D eigenvalue weighted by atomic mass is 10.1. The Bertz CT molecular complexity index is 552. The van der Waals surface area contributed by atoms with Crippen LogP contribution in [0.5, 0.6) is 0 Å².